The molecule has 0 atom stereocenters. The Balaban J connectivity index is 2.42. The lowest BCUT2D eigenvalue weighted by Crippen LogP contribution is -2.54. The van der Waals surface area contributed by atoms with E-state index < -0.39 is 0 Å². The molecule has 0 aromatic carbocycles. The number of nitrogens with two attached hydrogens (primary N) is 1. The van der Waals surface area contributed by atoms with E-state index in [2.05, 4.69) is 31.0 Å². The highest BCUT2D eigenvalue weighted by atomic mass is 15.0. The summed E-state index contributed by atoms with van der Waals surface area (Å²) in [6, 6.07) is 0. The minimum atomic E-state index is 0.185. The molecule has 0 bridgehead atoms. The van der Waals surface area contributed by atoms with Crippen LogP contribution in [0, 0.1) is 17.3 Å². The molecule has 2 nitrogen and oxygen atoms in total. The van der Waals surface area contributed by atoms with Crippen molar-refractivity contribution in [3.05, 3.63) is 0 Å². The Hall–Kier alpha value is -0.520. The van der Waals surface area contributed by atoms with Crippen molar-refractivity contribution in [2.24, 2.45) is 11.1 Å². The Morgan fingerprint density at radius 3 is 2.31 bits per heavy atom. The Morgan fingerprint density at radius 2 is 1.81 bits per heavy atom. The first kappa shape index (κ1) is 13.5. The van der Waals surface area contributed by atoms with E-state index in [9.17, 15) is 0 Å². The molecule has 0 heterocycles. The van der Waals surface area contributed by atoms with Crippen molar-refractivity contribution in [1.29, 1.82) is 0 Å². The maximum absolute atomic E-state index is 5.94. The molecule has 0 unspecified atom stereocenters. The highest BCUT2D eigenvalue weighted by Gasteiger charge is 2.36. The number of nitrogens with one attached hydrogen (secondary N) is 1. The molecule has 0 aliphatic heterocycles. The summed E-state index contributed by atoms with van der Waals surface area (Å²) < 4.78 is 0. The fourth-order valence-corrected chi connectivity index (χ4v) is 2.37. The van der Waals surface area contributed by atoms with Gasteiger partial charge in [-0.2, -0.15) is 0 Å². The second kappa shape index (κ2) is 5.70. The van der Waals surface area contributed by atoms with Crippen LogP contribution >= 0.6 is 0 Å². The number of hydrogen-bond donors (Lipinski definition) is 2. The molecule has 1 aliphatic rings. The predicted octanol–water partition coefficient (Wildman–Crippen LogP) is 2.29. The van der Waals surface area contributed by atoms with Gasteiger partial charge >= 0.3 is 0 Å². The maximum atomic E-state index is 5.94. The van der Waals surface area contributed by atoms with E-state index in [1.807, 2.05) is 6.92 Å². The molecule has 0 amide bonds. The van der Waals surface area contributed by atoms with Gasteiger partial charge in [0.2, 0.25) is 0 Å². The molecule has 1 saturated carbocycles. The molecule has 2 heteroatoms. The van der Waals surface area contributed by atoms with Crippen molar-refractivity contribution >= 4 is 0 Å². The number of hydrogen-bond acceptors (Lipinski definition) is 2. The van der Waals surface area contributed by atoms with E-state index in [0.717, 1.165) is 19.5 Å². The molecule has 1 rings (SSSR count). The summed E-state index contributed by atoms with van der Waals surface area (Å²) >= 11 is 0. The molecule has 1 aliphatic carbocycles. The van der Waals surface area contributed by atoms with Crippen LogP contribution in [-0.4, -0.2) is 18.6 Å². The molecule has 3 N–H and O–H groups in total. The maximum Gasteiger partial charge on any atom is 0.0304 e. The second-order valence-electron chi connectivity index (χ2n) is 5.75. The summed E-state index contributed by atoms with van der Waals surface area (Å²) in [5, 5.41) is 3.63. The van der Waals surface area contributed by atoms with E-state index in [4.69, 9.17) is 5.73 Å². The van der Waals surface area contributed by atoms with Gasteiger partial charge in [-0.15, -0.1) is 11.8 Å². The van der Waals surface area contributed by atoms with Crippen molar-refractivity contribution in [2.75, 3.05) is 13.1 Å². The molecule has 0 aromatic heterocycles. The summed E-state index contributed by atoms with van der Waals surface area (Å²) in [4.78, 5) is 0. The third kappa shape index (κ3) is 3.81. The monoisotopic (exact) mass is 222 g/mol. The van der Waals surface area contributed by atoms with Gasteiger partial charge in [-0.1, -0.05) is 13.8 Å². The fourth-order valence-electron chi connectivity index (χ4n) is 2.37. The average Bonchev–Trinajstić information content (AvgIpc) is 2.27. The first-order chi connectivity index (χ1) is 7.54. The largest absolute Gasteiger partial charge is 0.329 e. The van der Waals surface area contributed by atoms with Crippen LogP contribution in [-0.2, 0) is 0 Å². The van der Waals surface area contributed by atoms with E-state index in [1.165, 1.54) is 25.7 Å². The van der Waals surface area contributed by atoms with Crippen LogP contribution in [0.2, 0.25) is 0 Å². The van der Waals surface area contributed by atoms with Crippen LogP contribution < -0.4 is 11.1 Å². The zero-order chi connectivity index (χ0) is 12.1. The zero-order valence-corrected chi connectivity index (χ0v) is 11.0. The minimum Gasteiger partial charge on any atom is -0.329 e. The molecular weight excluding hydrogens is 196 g/mol. The quantitative estimate of drug-likeness (QED) is 0.566. The Kier molecular flexibility index (Phi) is 4.83. The lowest BCUT2D eigenvalue weighted by Gasteiger charge is -2.43. The van der Waals surface area contributed by atoms with Crippen LogP contribution in [0.1, 0.15) is 52.9 Å². The fraction of sp³-hybridized carbons (Fsp3) is 0.857. The Labute approximate surface area is 100 Å². The van der Waals surface area contributed by atoms with Crippen LogP contribution in [0.15, 0.2) is 0 Å². The van der Waals surface area contributed by atoms with Gasteiger partial charge in [0.15, 0.2) is 0 Å². The molecule has 16 heavy (non-hydrogen) atoms. The predicted molar refractivity (Wildman–Crippen MR) is 70.1 cm³/mol. The topological polar surface area (TPSA) is 38.0 Å². The standard InChI is InChI=1S/C14H26N2/c1-4-5-6-11-16-14(12-15)9-7-13(2,3)8-10-14/h16H,6-12,15H2,1-3H3. The molecule has 1 fully saturated rings. The lowest BCUT2D eigenvalue weighted by molar-refractivity contribution is 0.141. The first-order valence-electron chi connectivity index (χ1n) is 6.38. The van der Waals surface area contributed by atoms with E-state index in [0.29, 0.717) is 5.41 Å². The third-order valence-electron chi connectivity index (χ3n) is 3.88. The average molecular weight is 222 g/mol. The van der Waals surface area contributed by atoms with Crippen molar-refractivity contribution < 1.29 is 0 Å². The van der Waals surface area contributed by atoms with Gasteiger partial charge in [0.25, 0.3) is 0 Å². The summed E-state index contributed by atoms with van der Waals surface area (Å²) in [7, 11) is 0. The molecule has 0 spiro atoms. The van der Waals surface area contributed by atoms with Crippen molar-refractivity contribution in [3.63, 3.8) is 0 Å². The zero-order valence-electron chi connectivity index (χ0n) is 11.0. The summed E-state index contributed by atoms with van der Waals surface area (Å²) in [5.74, 6) is 6.02. The van der Waals surface area contributed by atoms with Crippen LogP contribution in [0.4, 0.5) is 0 Å². The summed E-state index contributed by atoms with van der Waals surface area (Å²) in [5.41, 5.74) is 6.63. The van der Waals surface area contributed by atoms with Gasteiger partial charge in [-0.05, 0) is 38.0 Å². The van der Waals surface area contributed by atoms with Crippen LogP contribution in [0.3, 0.4) is 0 Å². The van der Waals surface area contributed by atoms with Gasteiger partial charge in [0.1, 0.15) is 0 Å². The van der Waals surface area contributed by atoms with Crippen molar-refractivity contribution in [1.82, 2.24) is 5.32 Å². The van der Waals surface area contributed by atoms with Crippen molar-refractivity contribution in [3.8, 4) is 11.8 Å². The molecule has 0 saturated heterocycles. The van der Waals surface area contributed by atoms with Crippen LogP contribution in [0.25, 0.3) is 0 Å². The lowest BCUT2D eigenvalue weighted by atomic mass is 9.69. The van der Waals surface area contributed by atoms with Gasteiger partial charge in [-0.25, -0.2) is 0 Å². The smallest absolute Gasteiger partial charge is 0.0304 e. The van der Waals surface area contributed by atoms with Gasteiger partial charge in [0.05, 0.1) is 0 Å². The van der Waals surface area contributed by atoms with E-state index >= 15 is 0 Å². The normalized spacial score (nSPS) is 22.2. The van der Waals surface area contributed by atoms with Gasteiger partial charge in [0, 0.05) is 25.0 Å². The molecule has 92 valence electrons. The van der Waals surface area contributed by atoms with Crippen molar-refractivity contribution in [2.45, 2.75) is 58.4 Å². The van der Waals surface area contributed by atoms with Gasteiger partial charge in [-0.3, -0.25) is 0 Å². The molecule has 0 radical (unpaired) electrons. The Bertz CT molecular complexity index is 260. The number of rotatable bonds is 4. The van der Waals surface area contributed by atoms with E-state index in [1.54, 1.807) is 0 Å². The van der Waals surface area contributed by atoms with Crippen LogP contribution in [0.5, 0.6) is 0 Å². The van der Waals surface area contributed by atoms with Gasteiger partial charge < -0.3 is 11.1 Å². The highest BCUT2D eigenvalue weighted by molar-refractivity contribution is 4.99. The van der Waals surface area contributed by atoms with E-state index in [-0.39, 0.29) is 5.54 Å². The minimum absolute atomic E-state index is 0.185. The molecular formula is C14H26N2. The Morgan fingerprint density at radius 1 is 1.19 bits per heavy atom. The third-order valence-corrected chi connectivity index (χ3v) is 3.88. The summed E-state index contributed by atoms with van der Waals surface area (Å²) in [6.07, 6.45) is 5.89. The summed E-state index contributed by atoms with van der Waals surface area (Å²) in [6.45, 7) is 8.33. The molecule has 0 aromatic rings. The second-order valence-corrected chi connectivity index (χ2v) is 5.75. The first-order valence-corrected chi connectivity index (χ1v) is 6.38. The SMILES string of the molecule is CC#CCCNC1(CN)CCC(C)(C)CC1. The highest BCUT2D eigenvalue weighted by Crippen LogP contribution is 2.39.